The number of halogens is 1. The molecule has 1 aromatic rings. The molecule has 7 heteroatoms. The van der Waals surface area contributed by atoms with Crippen molar-refractivity contribution in [3.05, 3.63) is 24.3 Å². The first-order valence-electron chi connectivity index (χ1n) is 6.76. The second kappa shape index (κ2) is 7.28. The number of hydrogen-bond acceptors (Lipinski definition) is 3. The Morgan fingerprint density at radius 3 is 1.90 bits per heavy atom. The van der Waals surface area contributed by atoms with E-state index in [2.05, 4.69) is 10.6 Å². The van der Waals surface area contributed by atoms with E-state index < -0.39 is 11.6 Å². The number of amides is 3. The van der Waals surface area contributed by atoms with E-state index in [0.29, 0.717) is 11.4 Å². The monoisotopic (exact) mass is 312 g/mol. The Labute approximate surface area is 130 Å². The number of benzene rings is 1. The Morgan fingerprint density at radius 1 is 0.952 bits per heavy atom. The van der Waals surface area contributed by atoms with E-state index in [1.807, 2.05) is 0 Å². The Kier molecular flexibility index (Phi) is 5.99. The van der Waals surface area contributed by atoms with Gasteiger partial charge in [-0.05, 0) is 37.1 Å². The van der Waals surface area contributed by atoms with Gasteiger partial charge >= 0.3 is 6.03 Å². The number of primary amides is 1. The molecule has 2 rings (SSSR count). The van der Waals surface area contributed by atoms with Gasteiger partial charge in [0.25, 0.3) is 0 Å². The lowest BCUT2D eigenvalue weighted by Gasteiger charge is -2.31. The summed E-state index contributed by atoms with van der Waals surface area (Å²) < 4.78 is 0. The number of carbonyl (C=O) groups is 2. The van der Waals surface area contributed by atoms with E-state index in [1.54, 1.807) is 24.3 Å². The molecule has 1 aromatic carbocycles. The van der Waals surface area contributed by atoms with Crippen LogP contribution in [0, 0.1) is 0 Å². The highest BCUT2D eigenvalue weighted by Crippen LogP contribution is 2.27. The average Bonchev–Trinajstić information content (AvgIpc) is 2.41. The molecule has 0 atom stereocenters. The number of hydrogen-bond donors (Lipinski definition) is 4. The summed E-state index contributed by atoms with van der Waals surface area (Å²) in [4.78, 5) is 22.9. The summed E-state index contributed by atoms with van der Waals surface area (Å²) in [5.41, 5.74) is 11.7. The smallest absolute Gasteiger partial charge is 0.316 e. The molecule has 116 valence electrons. The van der Waals surface area contributed by atoms with Crippen LogP contribution in [0.3, 0.4) is 0 Å². The van der Waals surface area contributed by atoms with Crippen molar-refractivity contribution < 1.29 is 9.59 Å². The number of carbonyl (C=O) groups excluding carboxylic acids is 2. The molecule has 1 aliphatic carbocycles. The summed E-state index contributed by atoms with van der Waals surface area (Å²) in [6, 6.07) is 6.13. The first-order valence-corrected chi connectivity index (χ1v) is 6.76. The van der Waals surface area contributed by atoms with Gasteiger partial charge in [0.15, 0.2) is 0 Å². The van der Waals surface area contributed by atoms with Gasteiger partial charge in [0.05, 0.1) is 5.54 Å². The predicted octanol–water partition coefficient (Wildman–Crippen LogP) is 2.20. The Hall–Kier alpha value is -1.79. The molecule has 1 aliphatic rings. The highest BCUT2D eigenvalue weighted by molar-refractivity contribution is 5.98. The summed E-state index contributed by atoms with van der Waals surface area (Å²) in [7, 11) is 0. The third-order valence-electron chi connectivity index (χ3n) is 3.61. The zero-order valence-electron chi connectivity index (χ0n) is 11.7. The largest absolute Gasteiger partial charge is 0.351 e. The second-order valence-electron chi connectivity index (χ2n) is 5.24. The van der Waals surface area contributed by atoms with Gasteiger partial charge in [0, 0.05) is 11.4 Å². The van der Waals surface area contributed by atoms with Crippen molar-refractivity contribution in [2.45, 2.75) is 37.6 Å². The van der Waals surface area contributed by atoms with E-state index in [4.69, 9.17) is 11.5 Å². The van der Waals surface area contributed by atoms with Gasteiger partial charge in [-0.1, -0.05) is 19.3 Å². The van der Waals surface area contributed by atoms with Gasteiger partial charge in [0.2, 0.25) is 5.91 Å². The molecule has 1 fully saturated rings. The van der Waals surface area contributed by atoms with E-state index in [0.717, 1.165) is 32.1 Å². The van der Waals surface area contributed by atoms with Crippen LogP contribution in [0.4, 0.5) is 16.2 Å². The van der Waals surface area contributed by atoms with Crippen molar-refractivity contribution in [3.8, 4) is 0 Å². The molecule has 0 bridgehead atoms. The fraction of sp³-hybridized carbons (Fsp3) is 0.429. The number of anilines is 2. The Morgan fingerprint density at radius 2 is 1.43 bits per heavy atom. The molecule has 0 heterocycles. The average molecular weight is 313 g/mol. The van der Waals surface area contributed by atoms with Crippen molar-refractivity contribution >= 4 is 35.7 Å². The molecular formula is C14H21ClN4O2. The summed E-state index contributed by atoms with van der Waals surface area (Å²) in [6.45, 7) is 0. The summed E-state index contributed by atoms with van der Waals surface area (Å²) in [5, 5.41) is 5.28. The van der Waals surface area contributed by atoms with Gasteiger partial charge < -0.3 is 22.1 Å². The summed E-state index contributed by atoms with van der Waals surface area (Å²) >= 11 is 0. The molecule has 6 N–H and O–H groups in total. The number of urea groups is 1. The van der Waals surface area contributed by atoms with E-state index in [9.17, 15) is 9.59 Å². The highest BCUT2D eigenvalue weighted by Gasteiger charge is 2.35. The molecule has 0 aromatic heterocycles. The third kappa shape index (κ3) is 4.61. The standard InChI is InChI=1S/C14H20N4O2.ClH/c15-13(20)18-11-6-4-10(5-7-11)17-12(19)14(16)8-2-1-3-9-14;/h4-7H,1-3,8-9,16H2,(H,17,19)(H3,15,18,20);1H. The van der Waals surface area contributed by atoms with Crippen molar-refractivity contribution in [2.24, 2.45) is 11.5 Å². The van der Waals surface area contributed by atoms with Crippen LogP contribution in [-0.4, -0.2) is 17.5 Å². The minimum Gasteiger partial charge on any atom is -0.351 e. The molecule has 6 nitrogen and oxygen atoms in total. The van der Waals surface area contributed by atoms with Crippen LogP contribution in [0.5, 0.6) is 0 Å². The predicted molar refractivity (Wildman–Crippen MR) is 85.5 cm³/mol. The second-order valence-corrected chi connectivity index (χ2v) is 5.24. The van der Waals surface area contributed by atoms with Crippen molar-refractivity contribution in [1.29, 1.82) is 0 Å². The van der Waals surface area contributed by atoms with Crippen LogP contribution in [0.25, 0.3) is 0 Å². The molecule has 1 saturated carbocycles. The van der Waals surface area contributed by atoms with E-state index in [1.165, 1.54) is 0 Å². The van der Waals surface area contributed by atoms with Gasteiger partial charge in [0.1, 0.15) is 0 Å². The third-order valence-corrected chi connectivity index (χ3v) is 3.61. The van der Waals surface area contributed by atoms with E-state index in [-0.39, 0.29) is 18.3 Å². The van der Waals surface area contributed by atoms with E-state index >= 15 is 0 Å². The SMILES string of the molecule is Cl.NC(=O)Nc1ccc(NC(=O)C2(N)CCCCC2)cc1. The zero-order chi connectivity index (χ0) is 14.6. The molecule has 0 radical (unpaired) electrons. The molecule has 0 aliphatic heterocycles. The quantitative estimate of drug-likeness (QED) is 0.686. The Bertz CT molecular complexity index is 498. The van der Waals surface area contributed by atoms with Gasteiger partial charge in [-0.3, -0.25) is 4.79 Å². The van der Waals surface area contributed by atoms with Gasteiger partial charge in [-0.2, -0.15) is 0 Å². The maximum absolute atomic E-state index is 12.2. The summed E-state index contributed by atoms with van der Waals surface area (Å²) in [5.74, 6) is -0.146. The maximum atomic E-state index is 12.2. The lowest BCUT2D eigenvalue weighted by atomic mass is 9.82. The number of nitrogens with two attached hydrogens (primary N) is 2. The van der Waals surface area contributed by atoms with Gasteiger partial charge in [-0.15, -0.1) is 12.4 Å². The van der Waals surface area contributed by atoms with Crippen molar-refractivity contribution in [2.75, 3.05) is 10.6 Å². The lowest BCUT2D eigenvalue weighted by Crippen LogP contribution is -2.52. The van der Waals surface area contributed by atoms with Crippen LogP contribution in [0.15, 0.2) is 24.3 Å². The number of nitrogens with one attached hydrogen (secondary N) is 2. The van der Waals surface area contributed by atoms with Crippen LogP contribution in [-0.2, 0) is 4.79 Å². The Balaban J connectivity index is 0.00000220. The fourth-order valence-corrected chi connectivity index (χ4v) is 2.44. The van der Waals surface area contributed by atoms with Crippen molar-refractivity contribution in [3.63, 3.8) is 0 Å². The van der Waals surface area contributed by atoms with Crippen molar-refractivity contribution in [1.82, 2.24) is 0 Å². The van der Waals surface area contributed by atoms with Crippen LogP contribution < -0.4 is 22.1 Å². The highest BCUT2D eigenvalue weighted by atomic mass is 35.5. The minimum absolute atomic E-state index is 0. The lowest BCUT2D eigenvalue weighted by molar-refractivity contribution is -0.122. The topological polar surface area (TPSA) is 110 Å². The first kappa shape index (κ1) is 17.3. The zero-order valence-corrected chi connectivity index (χ0v) is 12.5. The van der Waals surface area contributed by atoms with Crippen LogP contribution >= 0.6 is 12.4 Å². The molecular weight excluding hydrogens is 292 g/mol. The molecule has 21 heavy (non-hydrogen) atoms. The molecule has 0 unspecified atom stereocenters. The maximum Gasteiger partial charge on any atom is 0.316 e. The van der Waals surface area contributed by atoms with Crippen LogP contribution in [0.2, 0.25) is 0 Å². The molecule has 0 saturated heterocycles. The van der Waals surface area contributed by atoms with Crippen LogP contribution in [0.1, 0.15) is 32.1 Å². The summed E-state index contributed by atoms with van der Waals surface area (Å²) in [6.07, 6.45) is 4.57. The fourth-order valence-electron chi connectivity index (χ4n) is 2.44. The van der Waals surface area contributed by atoms with Gasteiger partial charge in [-0.25, -0.2) is 4.79 Å². The molecule has 3 amide bonds. The number of rotatable bonds is 3. The first-order chi connectivity index (χ1) is 9.49. The minimum atomic E-state index is -0.762. The normalized spacial score (nSPS) is 16.4. The molecule has 0 spiro atoms.